The number of imide groups is 1. The van der Waals surface area contributed by atoms with Crippen LogP contribution in [0.2, 0.25) is 0 Å². The fourth-order valence-corrected chi connectivity index (χ4v) is 4.47. The van der Waals surface area contributed by atoms with Gasteiger partial charge in [-0.05, 0) is 19.1 Å². The lowest BCUT2D eigenvalue weighted by atomic mass is 10.2. The summed E-state index contributed by atoms with van der Waals surface area (Å²) in [5.41, 5.74) is -0.337. The van der Waals surface area contributed by atoms with Gasteiger partial charge < -0.3 is 14.8 Å². The number of carbonyl (C=O) groups is 4. The average Bonchev–Trinajstić information content (AvgIpc) is 3.38. The lowest BCUT2D eigenvalue weighted by molar-refractivity contribution is -0.141. The fourth-order valence-electron chi connectivity index (χ4n) is 3.52. The van der Waals surface area contributed by atoms with Crippen LogP contribution in [0, 0.1) is 0 Å². The SMILES string of the molecule is CCOC(=O)c1nn(-c2cccc(OC)c2)c(=O)c2c(NC(=O)CN3C(=O)CCC3=O)scc12. The highest BCUT2D eigenvalue weighted by atomic mass is 32.1. The molecule has 0 spiro atoms. The van der Waals surface area contributed by atoms with Gasteiger partial charge >= 0.3 is 5.97 Å². The van der Waals surface area contributed by atoms with Crippen LogP contribution >= 0.6 is 11.3 Å². The Labute approximate surface area is 196 Å². The number of amides is 3. The maximum Gasteiger partial charge on any atom is 0.359 e. The van der Waals surface area contributed by atoms with Crippen LogP contribution in [0.5, 0.6) is 5.75 Å². The van der Waals surface area contributed by atoms with Gasteiger partial charge in [0.05, 0.1) is 24.8 Å². The number of carbonyl (C=O) groups excluding carboxylic acids is 4. The minimum absolute atomic E-state index is 0.0540. The topological polar surface area (TPSA) is 137 Å². The Kier molecular flexibility index (Phi) is 6.41. The normalized spacial score (nSPS) is 13.4. The second-order valence-corrected chi connectivity index (χ2v) is 8.14. The third-order valence-corrected chi connectivity index (χ3v) is 6.02. The number of nitrogens with one attached hydrogen (secondary N) is 1. The van der Waals surface area contributed by atoms with Gasteiger partial charge in [0.25, 0.3) is 5.56 Å². The third-order valence-electron chi connectivity index (χ3n) is 5.13. The number of hydrogen-bond acceptors (Lipinski definition) is 9. The molecule has 11 nitrogen and oxygen atoms in total. The van der Waals surface area contributed by atoms with Crippen molar-refractivity contribution in [1.29, 1.82) is 0 Å². The molecule has 3 aromatic rings. The van der Waals surface area contributed by atoms with Gasteiger partial charge in [-0.2, -0.15) is 9.78 Å². The van der Waals surface area contributed by atoms with E-state index in [2.05, 4.69) is 10.4 Å². The van der Waals surface area contributed by atoms with E-state index in [1.807, 2.05) is 0 Å². The highest BCUT2D eigenvalue weighted by Crippen LogP contribution is 2.31. The van der Waals surface area contributed by atoms with E-state index < -0.39 is 35.8 Å². The van der Waals surface area contributed by atoms with Crippen molar-refractivity contribution in [3.8, 4) is 11.4 Å². The van der Waals surface area contributed by atoms with E-state index in [-0.39, 0.29) is 40.9 Å². The quantitative estimate of drug-likeness (QED) is 0.395. The van der Waals surface area contributed by atoms with Crippen LogP contribution < -0.4 is 15.6 Å². The molecule has 0 unspecified atom stereocenters. The predicted octanol–water partition coefficient (Wildman–Crippen LogP) is 1.72. The molecule has 0 bridgehead atoms. The molecule has 0 saturated carbocycles. The first kappa shape index (κ1) is 23.1. The number of ether oxygens (including phenoxy) is 2. The molecule has 3 heterocycles. The van der Waals surface area contributed by atoms with Gasteiger partial charge in [0.2, 0.25) is 17.7 Å². The summed E-state index contributed by atoms with van der Waals surface area (Å²) in [4.78, 5) is 63.2. The standard InChI is InChI=1S/C22H20N4O7S/c1-3-33-22(31)19-14-11-34-20(23-15(27)10-25-16(28)7-8-17(25)29)18(14)21(30)26(24-19)12-5-4-6-13(9-12)32-2/h4-6,9,11H,3,7-8,10H2,1-2H3,(H,23,27). The molecule has 0 atom stereocenters. The van der Waals surface area contributed by atoms with Crippen molar-refractivity contribution in [2.75, 3.05) is 25.6 Å². The molecule has 1 aromatic carbocycles. The van der Waals surface area contributed by atoms with E-state index in [1.54, 1.807) is 31.2 Å². The number of aromatic nitrogens is 2. The summed E-state index contributed by atoms with van der Waals surface area (Å²) in [6.45, 7) is 1.29. The maximum absolute atomic E-state index is 13.4. The van der Waals surface area contributed by atoms with Crippen molar-refractivity contribution >= 4 is 50.8 Å². The van der Waals surface area contributed by atoms with Gasteiger partial charge in [-0.3, -0.25) is 24.1 Å². The highest BCUT2D eigenvalue weighted by molar-refractivity contribution is 7.16. The smallest absolute Gasteiger partial charge is 0.359 e. The van der Waals surface area contributed by atoms with Gasteiger partial charge in [0.15, 0.2) is 5.69 Å². The Bertz CT molecular complexity index is 1360. The van der Waals surface area contributed by atoms with Gasteiger partial charge in [-0.15, -0.1) is 11.3 Å². The molecule has 3 amide bonds. The highest BCUT2D eigenvalue weighted by Gasteiger charge is 2.31. The summed E-state index contributed by atoms with van der Waals surface area (Å²) in [6, 6.07) is 6.55. The summed E-state index contributed by atoms with van der Waals surface area (Å²) in [5.74, 6) is -1.75. The van der Waals surface area contributed by atoms with E-state index >= 15 is 0 Å². The number of anilines is 1. The van der Waals surface area contributed by atoms with Gasteiger partial charge in [0, 0.05) is 29.7 Å². The van der Waals surface area contributed by atoms with E-state index in [0.717, 1.165) is 20.9 Å². The van der Waals surface area contributed by atoms with Crippen LogP contribution in [0.3, 0.4) is 0 Å². The molecule has 2 aromatic heterocycles. The Balaban J connectivity index is 1.79. The molecular formula is C22H20N4O7S. The van der Waals surface area contributed by atoms with Crippen LogP contribution in [-0.4, -0.2) is 58.6 Å². The monoisotopic (exact) mass is 484 g/mol. The minimum atomic E-state index is -0.729. The number of hydrogen-bond donors (Lipinski definition) is 1. The molecular weight excluding hydrogens is 464 g/mol. The molecule has 1 saturated heterocycles. The summed E-state index contributed by atoms with van der Waals surface area (Å²) < 4.78 is 11.4. The van der Waals surface area contributed by atoms with Crippen molar-refractivity contribution in [1.82, 2.24) is 14.7 Å². The van der Waals surface area contributed by atoms with Crippen LogP contribution in [-0.2, 0) is 19.1 Å². The Morgan fingerprint density at radius 3 is 2.59 bits per heavy atom. The molecule has 0 aliphatic carbocycles. The van der Waals surface area contributed by atoms with Crippen molar-refractivity contribution in [2.45, 2.75) is 19.8 Å². The molecule has 12 heteroatoms. The molecule has 4 rings (SSSR count). The lowest BCUT2D eigenvalue weighted by Crippen LogP contribution is -2.37. The average molecular weight is 484 g/mol. The molecule has 176 valence electrons. The lowest BCUT2D eigenvalue weighted by Gasteiger charge is -2.13. The van der Waals surface area contributed by atoms with Crippen molar-refractivity contribution in [2.24, 2.45) is 0 Å². The number of benzene rings is 1. The Morgan fingerprint density at radius 2 is 1.91 bits per heavy atom. The number of rotatable bonds is 7. The van der Waals surface area contributed by atoms with Gasteiger partial charge in [-0.25, -0.2) is 4.79 Å². The number of nitrogens with zero attached hydrogens (tertiary/aromatic N) is 3. The zero-order valence-electron chi connectivity index (χ0n) is 18.3. The van der Waals surface area contributed by atoms with E-state index in [4.69, 9.17) is 9.47 Å². The van der Waals surface area contributed by atoms with Crippen molar-refractivity contribution in [3.63, 3.8) is 0 Å². The van der Waals surface area contributed by atoms with E-state index in [1.165, 1.54) is 12.5 Å². The Hall–Kier alpha value is -4.06. The van der Waals surface area contributed by atoms with Crippen molar-refractivity contribution < 1.29 is 28.7 Å². The Morgan fingerprint density at radius 1 is 1.18 bits per heavy atom. The third kappa shape index (κ3) is 4.27. The zero-order chi connectivity index (χ0) is 24.4. The first-order valence-corrected chi connectivity index (χ1v) is 11.2. The number of fused-ring (bicyclic) bond motifs is 1. The van der Waals surface area contributed by atoms with Crippen LogP contribution in [0.25, 0.3) is 16.5 Å². The zero-order valence-corrected chi connectivity index (χ0v) is 19.1. The second kappa shape index (κ2) is 9.43. The first-order valence-electron chi connectivity index (χ1n) is 10.3. The molecule has 1 fully saturated rings. The second-order valence-electron chi connectivity index (χ2n) is 7.26. The molecule has 1 aliphatic rings. The predicted molar refractivity (Wildman–Crippen MR) is 122 cm³/mol. The molecule has 34 heavy (non-hydrogen) atoms. The van der Waals surface area contributed by atoms with Crippen LogP contribution in [0.1, 0.15) is 30.3 Å². The maximum atomic E-state index is 13.4. The number of likely N-dealkylation sites (tertiary alicyclic amines) is 1. The van der Waals surface area contributed by atoms with Crippen molar-refractivity contribution in [3.05, 3.63) is 45.7 Å². The number of methoxy groups -OCH3 is 1. The van der Waals surface area contributed by atoms with E-state index in [0.29, 0.717) is 11.4 Å². The van der Waals surface area contributed by atoms with Crippen LogP contribution in [0.15, 0.2) is 34.4 Å². The summed E-state index contributed by atoms with van der Waals surface area (Å²) in [7, 11) is 1.48. The minimum Gasteiger partial charge on any atom is -0.497 e. The van der Waals surface area contributed by atoms with E-state index in [9.17, 15) is 24.0 Å². The first-order chi connectivity index (χ1) is 16.3. The molecule has 1 N–H and O–H groups in total. The van der Waals surface area contributed by atoms with Gasteiger partial charge in [0.1, 0.15) is 17.3 Å². The largest absolute Gasteiger partial charge is 0.497 e. The summed E-state index contributed by atoms with van der Waals surface area (Å²) in [6.07, 6.45) is 0.127. The molecule has 1 aliphatic heterocycles. The molecule has 0 radical (unpaired) electrons. The fraction of sp³-hybridized carbons (Fsp3) is 0.273. The van der Waals surface area contributed by atoms with Gasteiger partial charge in [-0.1, -0.05) is 6.07 Å². The summed E-state index contributed by atoms with van der Waals surface area (Å²) in [5, 5.41) is 8.77. The number of esters is 1. The summed E-state index contributed by atoms with van der Waals surface area (Å²) >= 11 is 1.02. The van der Waals surface area contributed by atoms with Crippen LogP contribution in [0.4, 0.5) is 5.00 Å². The number of thiophene rings is 1.